The van der Waals surface area contributed by atoms with Crippen molar-refractivity contribution in [2.24, 2.45) is 0 Å². The number of hydrogen-bond donors (Lipinski definition) is 1. The molecule has 1 aromatic rings. The molecule has 0 heterocycles. The molecular weight excluding hydrogens is 241 g/mol. The Bertz CT molecular complexity index is 418. The lowest BCUT2D eigenvalue weighted by Crippen LogP contribution is -2.39. The highest BCUT2D eigenvalue weighted by molar-refractivity contribution is 6.33. The first-order chi connectivity index (χ1) is 7.35. The van der Waals surface area contributed by atoms with Gasteiger partial charge < -0.3 is 0 Å². The van der Waals surface area contributed by atoms with Crippen molar-refractivity contribution in [1.29, 1.82) is 0 Å². The standard InChI is InChI=1S/C13H15Cl2N/c1-5-13(3,4)16-9(2)11-8-10(14)6-7-12(11)15/h1,6-9,16H,2-4H3. The molecule has 0 aromatic heterocycles. The zero-order chi connectivity index (χ0) is 12.3. The summed E-state index contributed by atoms with van der Waals surface area (Å²) in [5.41, 5.74) is 0.586. The van der Waals surface area contributed by atoms with E-state index >= 15 is 0 Å². The summed E-state index contributed by atoms with van der Waals surface area (Å²) in [5.74, 6) is 2.69. The Morgan fingerprint density at radius 2 is 2.00 bits per heavy atom. The van der Waals surface area contributed by atoms with E-state index in [0.29, 0.717) is 10.0 Å². The third-order valence-corrected chi connectivity index (χ3v) is 2.94. The number of halogens is 2. The minimum Gasteiger partial charge on any atom is -0.295 e. The topological polar surface area (TPSA) is 12.0 Å². The first kappa shape index (κ1) is 13.4. The first-order valence-corrected chi connectivity index (χ1v) is 5.82. The Morgan fingerprint density at radius 3 is 2.56 bits per heavy atom. The van der Waals surface area contributed by atoms with Crippen LogP contribution in [0.5, 0.6) is 0 Å². The van der Waals surface area contributed by atoms with Crippen LogP contribution in [0.1, 0.15) is 32.4 Å². The molecule has 0 amide bonds. The lowest BCUT2D eigenvalue weighted by molar-refractivity contribution is 0.431. The zero-order valence-electron chi connectivity index (χ0n) is 9.64. The second-order valence-electron chi connectivity index (χ2n) is 4.30. The van der Waals surface area contributed by atoms with Crippen molar-refractivity contribution in [2.75, 3.05) is 0 Å². The molecule has 1 nitrogen and oxygen atoms in total. The van der Waals surface area contributed by atoms with Gasteiger partial charge in [-0.25, -0.2) is 0 Å². The quantitative estimate of drug-likeness (QED) is 0.804. The van der Waals surface area contributed by atoms with Gasteiger partial charge in [-0.15, -0.1) is 6.42 Å². The van der Waals surface area contributed by atoms with Gasteiger partial charge in [0.15, 0.2) is 0 Å². The summed E-state index contributed by atoms with van der Waals surface area (Å²) in [6, 6.07) is 5.47. The van der Waals surface area contributed by atoms with Crippen molar-refractivity contribution >= 4 is 23.2 Å². The Balaban J connectivity index is 2.93. The molecule has 3 heteroatoms. The molecule has 1 unspecified atom stereocenters. The van der Waals surface area contributed by atoms with Crippen molar-refractivity contribution in [3.8, 4) is 12.3 Å². The van der Waals surface area contributed by atoms with Crippen LogP contribution < -0.4 is 5.32 Å². The van der Waals surface area contributed by atoms with Gasteiger partial charge in [-0.1, -0.05) is 29.1 Å². The lowest BCUT2D eigenvalue weighted by Gasteiger charge is -2.26. The molecular formula is C13H15Cl2N. The predicted octanol–water partition coefficient (Wildman–Crippen LogP) is 4.06. The molecule has 86 valence electrons. The number of nitrogens with one attached hydrogen (secondary N) is 1. The van der Waals surface area contributed by atoms with E-state index in [0.717, 1.165) is 5.56 Å². The third-order valence-electron chi connectivity index (χ3n) is 2.36. The maximum Gasteiger partial charge on any atom is 0.0745 e. The van der Waals surface area contributed by atoms with Gasteiger partial charge in [0.1, 0.15) is 0 Å². The van der Waals surface area contributed by atoms with Gasteiger partial charge in [0, 0.05) is 16.1 Å². The van der Waals surface area contributed by atoms with Crippen LogP contribution in [-0.4, -0.2) is 5.54 Å². The zero-order valence-corrected chi connectivity index (χ0v) is 11.2. The molecule has 1 aromatic carbocycles. The largest absolute Gasteiger partial charge is 0.295 e. The van der Waals surface area contributed by atoms with E-state index in [1.54, 1.807) is 12.1 Å². The van der Waals surface area contributed by atoms with Crippen LogP contribution in [0.15, 0.2) is 18.2 Å². The minimum atomic E-state index is -0.370. The summed E-state index contributed by atoms with van der Waals surface area (Å²) < 4.78 is 0. The molecule has 16 heavy (non-hydrogen) atoms. The fourth-order valence-electron chi connectivity index (χ4n) is 1.51. The molecule has 0 aliphatic rings. The highest BCUT2D eigenvalue weighted by Gasteiger charge is 2.19. The Morgan fingerprint density at radius 1 is 1.38 bits per heavy atom. The number of hydrogen-bond acceptors (Lipinski definition) is 1. The van der Waals surface area contributed by atoms with Gasteiger partial charge in [0.05, 0.1) is 5.54 Å². The van der Waals surface area contributed by atoms with Crippen LogP contribution in [0.4, 0.5) is 0 Å². The van der Waals surface area contributed by atoms with Gasteiger partial charge in [0.25, 0.3) is 0 Å². The highest BCUT2D eigenvalue weighted by atomic mass is 35.5. The Hall–Kier alpha value is -0.680. The van der Waals surface area contributed by atoms with Gasteiger partial charge in [-0.05, 0) is 44.5 Å². The van der Waals surface area contributed by atoms with Gasteiger partial charge >= 0.3 is 0 Å². The lowest BCUT2D eigenvalue weighted by atomic mass is 10.0. The summed E-state index contributed by atoms with van der Waals surface area (Å²) in [4.78, 5) is 0. The van der Waals surface area contributed by atoms with Gasteiger partial charge in [-0.2, -0.15) is 0 Å². The Kier molecular flexibility index (Phi) is 4.27. The van der Waals surface area contributed by atoms with Crippen LogP contribution in [0.25, 0.3) is 0 Å². The van der Waals surface area contributed by atoms with Gasteiger partial charge in [0.2, 0.25) is 0 Å². The summed E-state index contributed by atoms with van der Waals surface area (Å²) in [5, 5.41) is 4.68. The van der Waals surface area contributed by atoms with Crippen LogP contribution in [-0.2, 0) is 0 Å². The van der Waals surface area contributed by atoms with E-state index in [9.17, 15) is 0 Å². The molecule has 0 bridgehead atoms. The first-order valence-electron chi connectivity index (χ1n) is 5.06. The fraction of sp³-hybridized carbons (Fsp3) is 0.385. The molecule has 0 fully saturated rings. The number of rotatable bonds is 3. The van der Waals surface area contributed by atoms with Crippen molar-refractivity contribution in [3.05, 3.63) is 33.8 Å². The monoisotopic (exact) mass is 255 g/mol. The summed E-state index contributed by atoms with van der Waals surface area (Å²) >= 11 is 12.1. The second kappa shape index (κ2) is 5.10. The van der Waals surface area contributed by atoms with Crippen molar-refractivity contribution in [1.82, 2.24) is 5.32 Å². The summed E-state index contributed by atoms with van der Waals surface area (Å²) in [6.07, 6.45) is 5.43. The minimum absolute atomic E-state index is 0.0530. The molecule has 0 aliphatic heterocycles. The van der Waals surface area contributed by atoms with E-state index in [2.05, 4.69) is 11.2 Å². The second-order valence-corrected chi connectivity index (χ2v) is 5.14. The van der Waals surface area contributed by atoms with E-state index in [1.165, 1.54) is 0 Å². The highest BCUT2D eigenvalue weighted by Crippen LogP contribution is 2.27. The van der Waals surface area contributed by atoms with E-state index < -0.39 is 0 Å². The van der Waals surface area contributed by atoms with E-state index in [1.807, 2.05) is 26.8 Å². The molecule has 0 saturated carbocycles. The van der Waals surface area contributed by atoms with Crippen molar-refractivity contribution < 1.29 is 0 Å². The predicted molar refractivity (Wildman–Crippen MR) is 70.9 cm³/mol. The summed E-state index contributed by atoms with van der Waals surface area (Å²) in [7, 11) is 0. The van der Waals surface area contributed by atoms with Crippen LogP contribution in [0.3, 0.4) is 0 Å². The smallest absolute Gasteiger partial charge is 0.0745 e. The molecule has 1 N–H and O–H groups in total. The molecule has 1 atom stereocenters. The van der Waals surface area contributed by atoms with Crippen LogP contribution in [0, 0.1) is 12.3 Å². The maximum absolute atomic E-state index is 6.11. The average Bonchev–Trinajstić information content (AvgIpc) is 2.21. The third kappa shape index (κ3) is 3.42. The SMILES string of the molecule is C#CC(C)(C)NC(C)c1cc(Cl)ccc1Cl. The van der Waals surface area contributed by atoms with Crippen LogP contribution in [0.2, 0.25) is 10.0 Å². The normalized spacial score (nSPS) is 13.2. The molecule has 0 spiro atoms. The summed E-state index contributed by atoms with van der Waals surface area (Å²) in [6.45, 7) is 5.90. The van der Waals surface area contributed by atoms with Crippen LogP contribution >= 0.6 is 23.2 Å². The number of terminal acetylenes is 1. The molecule has 0 radical (unpaired) electrons. The van der Waals surface area contributed by atoms with Crippen molar-refractivity contribution in [2.45, 2.75) is 32.4 Å². The molecule has 0 aliphatic carbocycles. The Labute approximate surface area is 107 Å². The fourth-order valence-corrected chi connectivity index (χ4v) is 1.97. The average molecular weight is 256 g/mol. The molecule has 1 rings (SSSR count). The maximum atomic E-state index is 6.11. The molecule has 0 saturated heterocycles. The van der Waals surface area contributed by atoms with E-state index in [4.69, 9.17) is 29.6 Å². The number of benzene rings is 1. The van der Waals surface area contributed by atoms with E-state index in [-0.39, 0.29) is 11.6 Å². The van der Waals surface area contributed by atoms with Crippen molar-refractivity contribution in [3.63, 3.8) is 0 Å². The van der Waals surface area contributed by atoms with Gasteiger partial charge in [-0.3, -0.25) is 5.32 Å².